The highest BCUT2D eigenvalue weighted by Crippen LogP contribution is 2.34. The maximum absolute atomic E-state index is 13.8. The van der Waals surface area contributed by atoms with Gasteiger partial charge in [-0.05, 0) is 29.5 Å². The minimum atomic E-state index is -0.358. The number of phenols is 1. The van der Waals surface area contributed by atoms with Gasteiger partial charge in [-0.25, -0.2) is 4.39 Å². The first kappa shape index (κ1) is 13.5. The summed E-state index contributed by atoms with van der Waals surface area (Å²) in [6.45, 7) is 0.856. The molecular formula is C13H13BrFNOS. The number of rotatable bonds is 1. The van der Waals surface area contributed by atoms with E-state index in [0.717, 1.165) is 13.0 Å². The Morgan fingerprint density at radius 3 is 2.94 bits per heavy atom. The highest BCUT2D eigenvalue weighted by Gasteiger charge is 2.24. The highest BCUT2D eigenvalue weighted by molar-refractivity contribution is 8.93. The SMILES string of the molecule is Br.Oc1ccc(C2NCCc3ccsc32)c(F)c1. The van der Waals surface area contributed by atoms with Gasteiger partial charge in [-0.2, -0.15) is 0 Å². The molecule has 1 aromatic heterocycles. The van der Waals surface area contributed by atoms with E-state index in [1.54, 1.807) is 17.4 Å². The Morgan fingerprint density at radius 1 is 1.33 bits per heavy atom. The lowest BCUT2D eigenvalue weighted by atomic mass is 9.97. The van der Waals surface area contributed by atoms with Crippen LogP contribution < -0.4 is 5.32 Å². The molecule has 1 unspecified atom stereocenters. The number of nitrogens with one attached hydrogen (secondary N) is 1. The molecule has 0 aliphatic carbocycles. The largest absolute Gasteiger partial charge is 0.508 e. The van der Waals surface area contributed by atoms with E-state index in [-0.39, 0.29) is 34.6 Å². The van der Waals surface area contributed by atoms with Crippen LogP contribution in [0.15, 0.2) is 29.6 Å². The summed E-state index contributed by atoms with van der Waals surface area (Å²) in [6, 6.07) is 6.36. The Kier molecular flexibility index (Phi) is 4.04. The summed E-state index contributed by atoms with van der Waals surface area (Å²) in [6.07, 6.45) is 0.995. The van der Waals surface area contributed by atoms with E-state index in [1.807, 2.05) is 5.38 Å². The molecule has 0 spiro atoms. The zero-order valence-electron chi connectivity index (χ0n) is 9.52. The number of aromatic hydroxyl groups is 1. The fraction of sp³-hybridized carbons (Fsp3) is 0.231. The third-order valence-electron chi connectivity index (χ3n) is 3.08. The number of halogens is 2. The van der Waals surface area contributed by atoms with Crippen LogP contribution in [0.5, 0.6) is 5.75 Å². The van der Waals surface area contributed by atoms with Crippen molar-refractivity contribution < 1.29 is 9.50 Å². The van der Waals surface area contributed by atoms with E-state index in [2.05, 4.69) is 11.4 Å². The molecule has 2 nitrogen and oxygen atoms in total. The van der Waals surface area contributed by atoms with Crippen LogP contribution >= 0.6 is 28.3 Å². The Balaban J connectivity index is 0.00000120. The average Bonchev–Trinajstić information content (AvgIpc) is 2.77. The van der Waals surface area contributed by atoms with E-state index in [0.29, 0.717) is 5.56 Å². The number of thiophene rings is 1. The number of hydrogen-bond donors (Lipinski definition) is 2. The standard InChI is InChI=1S/C13H12FNOS.BrH/c14-11-7-9(16)1-2-10(11)12-13-8(3-5-15-12)4-6-17-13;/h1-2,4,6-7,12,15-16H,3,5H2;1H. The first-order valence-corrected chi connectivity index (χ1v) is 6.42. The van der Waals surface area contributed by atoms with Crippen molar-refractivity contribution in [2.24, 2.45) is 0 Å². The van der Waals surface area contributed by atoms with Crippen molar-refractivity contribution in [2.75, 3.05) is 6.54 Å². The van der Waals surface area contributed by atoms with Crippen molar-refractivity contribution in [3.63, 3.8) is 0 Å². The maximum atomic E-state index is 13.8. The molecular weight excluding hydrogens is 317 g/mol. The zero-order valence-corrected chi connectivity index (χ0v) is 12.0. The van der Waals surface area contributed by atoms with Crippen LogP contribution in [0.2, 0.25) is 0 Å². The molecule has 0 radical (unpaired) electrons. The van der Waals surface area contributed by atoms with Crippen molar-refractivity contribution in [1.82, 2.24) is 5.32 Å². The van der Waals surface area contributed by atoms with E-state index >= 15 is 0 Å². The van der Waals surface area contributed by atoms with Crippen LogP contribution in [0, 0.1) is 5.82 Å². The molecule has 0 bridgehead atoms. The molecule has 0 saturated carbocycles. The van der Waals surface area contributed by atoms with Crippen molar-refractivity contribution >= 4 is 28.3 Å². The Morgan fingerprint density at radius 2 is 2.17 bits per heavy atom. The molecule has 1 aliphatic rings. The van der Waals surface area contributed by atoms with Crippen molar-refractivity contribution in [3.8, 4) is 5.75 Å². The van der Waals surface area contributed by atoms with Gasteiger partial charge < -0.3 is 10.4 Å². The van der Waals surface area contributed by atoms with E-state index < -0.39 is 0 Å². The summed E-state index contributed by atoms with van der Waals surface area (Å²) >= 11 is 1.65. The molecule has 1 aliphatic heterocycles. The number of fused-ring (bicyclic) bond motifs is 1. The Labute approximate surface area is 119 Å². The molecule has 5 heteroatoms. The lowest BCUT2D eigenvalue weighted by Gasteiger charge is -2.24. The van der Waals surface area contributed by atoms with Gasteiger partial charge in [-0.1, -0.05) is 6.07 Å². The second kappa shape index (κ2) is 5.38. The molecule has 2 N–H and O–H groups in total. The van der Waals surface area contributed by atoms with Gasteiger partial charge in [0.15, 0.2) is 0 Å². The summed E-state index contributed by atoms with van der Waals surface area (Å²) in [5.41, 5.74) is 1.90. The number of phenolic OH excluding ortho intramolecular Hbond substituents is 1. The van der Waals surface area contributed by atoms with E-state index in [4.69, 9.17) is 0 Å². The molecule has 18 heavy (non-hydrogen) atoms. The van der Waals surface area contributed by atoms with Crippen LogP contribution in [0.1, 0.15) is 22.0 Å². The van der Waals surface area contributed by atoms with Crippen LogP contribution in [-0.2, 0) is 6.42 Å². The van der Waals surface area contributed by atoms with Crippen LogP contribution in [0.3, 0.4) is 0 Å². The van der Waals surface area contributed by atoms with Gasteiger partial charge in [0.1, 0.15) is 11.6 Å². The fourth-order valence-electron chi connectivity index (χ4n) is 2.25. The van der Waals surface area contributed by atoms with E-state index in [1.165, 1.54) is 22.6 Å². The third kappa shape index (κ3) is 2.30. The first-order valence-electron chi connectivity index (χ1n) is 5.54. The topological polar surface area (TPSA) is 32.3 Å². The minimum Gasteiger partial charge on any atom is -0.508 e. The zero-order chi connectivity index (χ0) is 11.8. The van der Waals surface area contributed by atoms with Gasteiger partial charge in [0.25, 0.3) is 0 Å². The smallest absolute Gasteiger partial charge is 0.132 e. The minimum absolute atomic E-state index is 0. The van der Waals surface area contributed by atoms with Crippen molar-refractivity contribution in [3.05, 3.63) is 51.5 Å². The van der Waals surface area contributed by atoms with Gasteiger partial charge in [0, 0.05) is 23.1 Å². The maximum Gasteiger partial charge on any atom is 0.132 e. The molecule has 1 aromatic carbocycles. The lowest BCUT2D eigenvalue weighted by molar-refractivity contribution is 0.464. The fourth-order valence-corrected chi connectivity index (χ4v) is 3.30. The van der Waals surface area contributed by atoms with E-state index in [9.17, 15) is 9.50 Å². The van der Waals surface area contributed by atoms with Gasteiger partial charge >= 0.3 is 0 Å². The van der Waals surface area contributed by atoms with Gasteiger partial charge in [-0.3, -0.25) is 0 Å². The molecule has 96 valence electrons. The molecule has 1 atom stereocenters. The highest BCUT2D eigenvalue weighted by atomic mass is 79.9. The normalized spacial score (nSPS) is 17.9. The monoisotopic (exact) mass is 329 g/mol. The van der Waals surface area contributed by atoms with Gasteiger partial charge in [-0.15, -0.1) is 28.3 Å². The molecule has 2 heterocycles. The van der Waals surface area contributed by atoms with Gasteiger partial charge in [0.2, 0.25) is 0 Å². The summed E-state index contributed by atoms with van der Waals surface area (Å²) < 4.78 is 13.8. The molecule has 0 saturated heterocycles. The number of benzene rings is 1. The third-order valence-corrected chi connectivity index (χ3v) is 4.10. The summed E-state index contributed by atoms with van der Waals surface area (Å²) in [5, 5.41) is 14.6. The van der Waals surface area contributed by atoms with Crippen LogP contribution in [-0.4, -0.2) is 11.7 Å². The predicted octanol–water partition coefficient (Wildman–Crippen LogP) is 3.41. The van der Waals surface area contributed by atoms with Crippen molar-refractivity contribution in [2.45, 2.75) is 12.5 Å². The lowest BCUT2D eigenvalue weighted by Crippen LogP contribution is -2.29. The quantitative estimate of drug-likeness (QED) is 0.840. The van der Waals surface area contributed by atoms with Crippen LogP contribution in [0.25, 0.3) is 0 Å². The summed E-state index contributed by atoms with van der Waals surface area (Å²) in [5.74, 6) is -0.391. The summed E-state index contributed by atoms with van der Waals surface area (Å²) in [7, 11) is 0. The molecule has 0 fully saturated rings. The summed E-state index contributed by atoms with van der Waals surface area (Å²) in [4.78, 5) is 1.18. The number of hydrogen-bond acceptors (Lipinski definition) is 3. The first-order chi connectivity index (χ1) is 8.25. The molecule has 0 amide bonds. The molecule has 3 rings (SSSR count). The molecule has 2 aromatic rings. The Hall–Kier alpha value is -0.910. The second-order valence-electron chi connectivity index (χ2n) is 4.15. The average molecular weight is 330 g/mol. The van der Waals surface area contributed by atoms with Gasteiger partial charge in [0.05, 0.1) is 6.04 Å². The predicted molar refractivity (Wildman–Crippen MR) is 76.3 cm³/mol. The Bertz CT molecular complexity index is 558. The van der Waals surface area contributed by atoms with Crippen LogP contribution in [0.4, 0.5) is 4.39 Å². The van der Waals surface area contributed by atoms with Crippen molar-refractivity contribution in [1.29, 1.82) is 0 Å². The second-order valence-corrected chi connectivity index (χ2v) is 5.10.